The summed E-state index contributed by atoms with van der Waals surface area (Å²) in [5, 5.41) is 3.19. The molecular weight excluding hydrogens is 220 g/mol. The maximum absolute atomic E-state index is 13.0. The molecule has 17 heavy (non-hydrogen) atoms. The first-order valence-corrected chi connectivity index (χ1v) is 6.34. The molecule has 0 heterocycles. The average Bonchev–Trinajstić information content (AvgIpc) is 2.33. The number of hydrogen-bond acceptors (Lipinski definition) is 1. The van der Waals surface area contributed by atoms with Crippen molar-refractivity contribution in [2.75, 3.05) is 11.9 Å². The maximum Gasteiger partial charge on any atom is 0.160 e. The Morgan fingerprint density at radius 1 is 1.12 bits per heavy atom. The Morgan fingerprint density at radius 2 is 1.82 bits per heavy atom. The first-order valence-electron chi connectivity index (χ1n) is 6.34. The molecule has 1 aromatic rings. The van der Waals surface area contributed by atoms with Crippen molar-refractivity contribution in [3.63, 3.8) is 0 Å². The van der Waals surface area contributed by atoms with Crippen molar-refractivity contribution in [3.8, 4) is 0 Å². The molecule has 1 fully saturated rings. The second-order valence-corrected chi connectivity index (χ2v) is 5.14. The van der Waals surface area contributed by atoms with E-state index in [0.717, 1.165) is 12.5 Å². The number of halogens is 2. The largest absolute Gasteiger partial charge is 0.385 e. The monoisotopic (exact) mass is 239 g/mol. The average molecular weight is 239 g/mol. The fourth-order valence-corrected chi connectivity index (χ4v) is 2.40. The van der Waals surface area contributed by atoms with Crippen LogP contribution in [0.15, 0.2) is 18.2 Å². The highest BCUT2D eigenvalue weighted by molar-refractivity contribution is 5.43. The Morgan fingerprint density at radius 3 is 2.47 bits per heavy atom. The number of nitrogens with one attached hydrogen (secondary N) is 1. The fourth-order valence-electron chi connectivity index (χ4n) is 2.40. The van der Waals surface area contributed by atoms with Crippen LogP contribution in [0.5, 0.6) is 0 Å². The van der Waals surface area contributed by atoms with Gasteiger partial charge in [-0.3, -0.25) is 0 Å². The lowest BCUT2D eigenvalue weighted by Crippen LogP contribution is -2.20. The molecule has 1 aliphatic rings. The molecular formula is C14H19F2N. The Labute approximate surface area is 101 Å². The van der Waals surface area contributed by atoms with Crippen molar-refractivity contribution in [1.82, 2.24) is 0 Å². The number of hydrogen-bond donors (Lipinski definition) is 1. The summed E-state index contributed by atoms with van der Waals surface area (Å²) >= 11 is 0. The van der Waals surface area contributed by atoms with Crippen LogP contribution in [-0.2, 0) is 0 Å². The van der Waals surface area contributed by atoms with Gasteiger partial charge in [0.25, 0.3) is 0 Å². The number of anilines is 1. The summed E-state index contributed by atoms with van der Waals surface area (Å²) in [6.45, 7) is 3.15. The Bertz CT molecular complexity index is 370. The van der Waals surface area contributed by atoms with E-state index < -0.39 is 11.6 Å². The molecule has 0 atom stereocenters. The maximum atomic E-state index is 13.0. The zero-order chi connectivity index (χ0) is 12.3. The summed E-state index contributed by atoms with van der Waals surface area (Å²) in [7, 11) is 0. The van der Waals surface area contributed by atoms with Crippen LogP contribution in [0.3, 0.4) is 0 Å². The van der Waals surface area contributed by atoms with E-state index in [1.807, 2.05) is 0 Å². The van der Waals surface area contributed by atoms with Gasteiger partial charge in [0.15, 0.2) is 11.6 Å². The molecule has 1 N–H and O–H groups in total. The topological polar surface area (TPSA) is 12.0 Å². The molecule has 0 unspecified atom stereocenters. The third-order valence-corrected chi connectivity index (χ3v) is 3.65. The Hall–Kier alpha value is -1.12. The highest BCUT2D eigenvalue weighted by Crippen LogP contribution is 2.28. The molecule has 94 valence electrons. The molecule has 0 aliphatic heterocycles. The van der Waals surface area contributed by atoms with Crippen molar-refractivity contribution in [1.29, 1.82) is 0 Å². The molecule has 0 aromatic heterocycles. The van der Waals surface area contributed by atoms with Crippen LogP contribution in [0.4, 0.5) is 14.5 Å². The van der Waals surface area contributed by atoms with Gasteiger partial charge in [-0.25, -0.2) is 8.78 Å². The zero-order valence-electron chi connectivity index (χ0n) is 10.2. The van der Waals surface area contributed by atoms with E-state index in [0.29, 0.717) is 11.6 Å². The fraction of sp³-hybridized carbons (Fsp3) is 0.571. The van der Waals surface area contributed by atoms with Crippen molar-refractivity contribution < 1.29 is 8.78 Å². The van der Waals surface area contributed by atoms with Crippen molar-refractivity contribution in [2.45, 2.75) is 32.6 Å². The van der Waals surface area contributed by atoms with Gasteiger partial charge >= 0.3 is 0 Å². The third-order valence-electron chi connectivity index (χ3n) is 3.65. The minimum atomic E-state index is -0.790. The molecule has 0 spiro atoms. The number of benzene rings is 1. The Kier molecular flexibility index (Phi) is 3.97. The van der Waals surface area contributed by atoms with Crippen LogP contribution in [0.2, 0.25) is 0 Å². The molecule has 1 aliphatic carbocycles. The third kappa shape index (κ3) is 3.42. The molecule has 1 aromatic carbocycles. The minimum absolute atomic E-state index is 0.666. The van der Waals surface area contributed by atoms with Crippen LogP contribution < -0.4 is 5.32 Å². The van der Waals surface area contributed by atoms with E-state index in [-0.39, 0.29) is 0 Å². The van der Waals surface area contributed by atoms with E-state index in [4.69, 9.17) is 0 Å². The quantitative estimate of drug-likeness (QED) is 0.833. The van der Waals surface area contributed by atoms with Gasteiger partial charge in [-0.05, 0) is 42.9 Å². The summed E-state index contributed by atoms with van der Waals surface area (Å²) in [5.41, 5.74) is 0.669. The second kappa shape index (κ2) is 5.48. The summed E-state index contributed by atoms with van der Waals surface area (Å²) in [5.74, 6) is -0.0665. The lowest BCUT2D eigenvalue weighted by Gasteiger charge is -2.26. The van der Waals surface area contributed by atoms with Crippen molar-refractivity contribution >= 4 is 5.69 Å². The summed E-state index contributed by atoms with van der Waals surface area (Å²) in [4.78, 5) is 0. The predicted octanol–water partition coefficient (Wildman–Crippen LogP) is 4.20. The molecule has 2 rings (SSSR count). The van der Waals surface area contributed by atoms with E-state index in [1.54, 1.807) is 6.07 Å². The van der Waals surface area contributed by atoms with Gasteiger partial charge in [-0.15, -0.1) is 0 Å². The van der Waals surface area contributed by atoms with Gasteiger partial charge in [0.05, 0.1) is 0 Å². The van der Waals surface area contributed by atoms with Gasteiger partial charge in [-0.1, -0.05) is 19.8 Å². The number of rotatable bonds is 3. The van der Waals surface area contributed by atoms with Crippen LogP contribution >= 0.6 is 0 Å². The van der Waals surface area contributed by atoms with Crippen LogP contribution in [0, 0.1) is 23.5 Å². The van der Waals surface area contributed by atoms with E-state index in [1.165, 1.54) is 37.8 Å². The summed E-state index contributed by atoms with van der Waals surface area (Å²) in [6.07, 6.45) is 5.03. The van der Waals surface area contributed by atoms with E-state index >= 15 is 0 Å². The lowest BCUT2D eigenvalue weighted by atomic mass is 9.83. The molecule has 0 radical (unpaired) electrons. The zero-order valence-corrected chi connectivity index (χ0v) is 10.2. The van der Waals surface area contributed by atoms with E-state index in [9.17, 15) is 8.78 Å². The van der Waals surface area contributed by atoms with Gasteiger partial charge < -0.3 is 5.32 Å². The highest BCUT2D eigenvalue weighted by atomic mass is 19.2. The highest BCUT2D eigenvalue weighted by Gasteiger charge is 2.17. The molecule has 1 nitrogen and oxygen atoms in total. The van der Waals surface area contributed by atoms with Gasteiger partial charge in [0.1, 0.15) is 0 Å². The summed E-state index contributed by atoms with van der Waals surface area (Å²) in [6, 6.07) is 3.98. The Balaban J connectivity index is 1.83. The predicted molar refractivity (Wildman–Crippen MR) is 66.0 cm³/mol. The summed E-state index contributed by atoms with van der Waals surface area (Å²) < 4.78 is 25.7. The van der Waals surface area contributed by atoms with Gasteiger partial charge in [0.2, 0.25) is 0 Å². The molecule has 0 amide bonds. The first-order chi connectivity index (χ1) is 8.15. The molecule has 0 saturated heterocycles. The SMILES string of the molecule is C[C@H]1CC[C@H](CNc2ccc(F)c(F)c2)CC1. The van der Waals surface area contributed by atoms with Crippen molar-refractivity contribution in [2.24, 2.45) is 11.8 Å². The van der Waals surface area contributed by atoms with Gasteiger partial charge in [0, 0.05) is 12.2 Å². The second-order valence-electron chi connectivity index (χ2n) is 5.14. The van der Waals surface area contributed by atoms with Crippen LogP contribution in [-0.4, -0.2) is 6.54 Å². The molecule has 1 saturated carbocycles. The normalized spacial score (nSPS) is 24.6. The molecule has 0 bridgehead atoms. The van der Waals surface area contributed by atoms with Crippen LogP contribution in [0.1, 0.15) is 32.6 Å². The van der Waals surface area contributed by atoms with Gasteiger partial charge in [-0.2, -0.15) is 0 Å². The van der Waals surface area contributed by atoms with Crippen molar-refractivity contribution in [3.05, 3.63) is 29.8 Å². The minimum Gasteiger partial charge on any atom is -0.385 e. The standard InChI is InChI=1S/C14H19F2N/c1-10-2-4-11(5-3-10)9-17-12-6-7-13(15)14(16)8-12/h6-8,10-11,17H,2-5,9H2,1H3/t10-,11-. The molecule has 3 heteroatoms. The smallest absolute Gasteiger partial charge is 0.160 e. The van der Waals surface area contributed by atoms with E-state index in [2.05, 4.69) is 12.2 Å². The van der Waals surface area contributed by atoms with Crippen LogP contribution in [0.25, 0.3) is 0 Å². The first kappa shape index (κ1) is 12.3. The lowest BCUT2D eigenvalue weighted by molar-refractivity contribution is 0.300.